The van der Waals surface area contributed by atoms with E-state index in [1.54, 1.807) is 0 Å². The van der Waals surface area contributed by atoms with Gasteiger partial charge in [-0.25, -0.2) is 0 Å². The molecule has 0 saturated carbocycles. The first-order chi connectivity index (χ1) is 7.18. The molecule has 2 aromatic rings. The van der Waals surface area contributed by atoms with Crippen LogP contribution in [0.5, 0.6) is 0 Å². The van der Waals surface area contributed by atoms with Crippen LogP contribution in [0.25, 0.3) is 10.8 Å². The number of benzene rings is 2. The Kier molecular flexibility index (Phi) is 2.42. The SMILES string of the molecule is Cc1ccc(CC(=O)O)c2ccccc12. The summed E-state index contributed by atoms with van der Waals surface area (Å²) in [5.74, 6) is -0.788. The van der Waals surface area contributed by atoms with Crippen molar-refractivity contribution in [3.8, 4) is 0 Å². The number of carboxylic acid groups (broad SMARTS) is 1. The Bertz CT molecular complexity index is 515. The third-order valence-corrected chi connectivity index (χ3v) is 2.57. The van der Waals surface area contributed by atoms with Gasteiger partial charge in [0.15, 0.2) is 0 Å². The highest BCUT2D eigenvalue weighted by atomic mass is 16.4. The Labute approximate surface area is 88.2 Å². The summed E-state index contributed by atoms with van der Waals surface area (Å²) in [7, 11) is 0. The van der Waals surface area contributed by atoms with E-state index in [4.69, 9.17) is 5.11 Å². The van der Waals surface area contributed by atoms with E-state index < -0.39 is 5.97 Å². The summed E-state index contributed by atoms with van der Waals surface area (Å²) in [6.07, 6.45) is 0.0841. The van der Waals surface area contributed by atoms with Gasteiger partial charge in [-0.15, -0.1) is 0 Å². The number of hydrogen-bond acceptors (Lipinski definition) is 1. The van der Waals surface area contributed by atoms with Crippen LogP contribution < -0.4 is 0 Å². The minimum atomic E-state index is -0.788. The van der Waals surface area contributed by atoms with Crippen molar-refractivity contribution in [2.45, 2.75) is 13.3 Å². The summed E-state index contributed by atoms with van der Waals surface area (Å²) in [4.78, 5) is 10.7. The molecule has 0 saturated heterocycles. The second-order valence-corrected chi connectivity index (χ2v) is 3.66. The number of aryl methyl sites for hydroxylation is 1. The lowest BCUT2D eigenvalue weighted by atomic mass is 9.99. The summed E-state index contributed by atoms with van der Waals surface area (Å²) in [6, 6.07) is 11.8. The van der Waals surface area contributed by atoms with Crippen LogP contribution in [0.3, 0.4) is 0 Å². The van der Waals surface area contributed by atoms with E-state index in [0.29, 0.717) is 0 Å². The van der Waals surface area contributed by atoms with Crippen LogP contribution in [-0.2, 0) is 11.2 Å². The van der Waals surface area contributed by atoms with Gasteiger partial charge in [-0.05, 0) is 28.8 Å². The molecule has 0 atom stereocenters. The maximum absolute atomic E-state index is 10.7. The van der Waals surface area contributed by atoms with Crippen molar-refractivity contribution < 1.29 is 9.90 Å². The second-order valence-electron chi connectivity index (χ2n) is 3.66. The molecule has 0 aliphatic carbocycles. The molecule has 0 amide bonds. The molecule has 15 heavy (non-hydrogen) atoms. The Hall–Kier alpha value is -1.83. The Morgan fingerprint density at radius 1 is 1.13 bits per heavy atom. The minimum Gasteiger partial charge on any atom is -0.481 e. The summed E-state index contributed by atoms with van der Waals surface area (Å²) in [5.41, 5.74) is 2.06. The standard InChI is InChI=1S/C13H12O2/c1-9-6-7-10(8-13(14)15)12-5-3-2-4-11(9)12/h2-7H,8H2,1H3,(H,14,15). The third kappa shape index (κ3) is 1.84. The molecule has 0 aliphatic heterocycles. The molecule has 0 spiro atoms. The summed E-state index contributed by atoms with van der Waals surface area (Å²) in [6.45, 7) is 2.03. The minimum absolute atomic E-state index is 0.0841. The van der Waals surface area contributed by atoms with Crippen LogP contribution in [0.1, 0.15) is 11.1 Å². The predicted molar refractivity (Wildman–Crippen MR) is 60.0 cm³/mol. The van der Waals surface area contributed by atoms with Crippen LogP contribution >= 0.6 is 0 Å². The van der Waals surface area contributed by atoms with E-state index in [9.17, 15) is 4.79 Å². The van der Waals surface area contributed by atoms with Crippen molar-refractivity contribution in [3.63, 3.8) is 0 Å². The second kappa shape index (κ2) is 3.73. The van der Waals surface area contributed by atoms with Crippen molar-refractivity contribution in [2.75, 3.05) is 0 Å². The number of aliphatic carboxylic acids is 1. The molecular formula is C13H12O2. The van der Waals surface area contributed by atoms with E-state index in [1.807, 2.05) is 43.3 Å². The van der Waals surface area contributed by atoms with Gasteiger partial charge in [0.2, 0.25) is 0 Å². The zero-order valence-electron chi connectivity index (χ0n) is 8.53. The molecule has 0 aromatic heterocycles. The summed E-state index contributed by atoms with van der Waals surface area (Å²) in [5, 5.41) is 11.0. The number of hydrogen-bond donors (Lipinski definition) is 1. The molecule has 2 aromatic carbocycles. The smallest absolute Gasteiger partial charge is 0.307 e. The summed E-state index contributed by atoms with van der Waals surface area (Å²) >= 11 is 0. The predicted octanol–water partition coefficient (Wildman–Crippen LogP) is 2.78. The van der Waals surface area contributed by atoms with Crippen molar-refractivity contribution in [2.24, 2.45) is 0 Å². The summed E-state index contributed by atoms with van der Waals surface area (Å²) < 4.78 is 0. The van der Waals surface area contributed by atoms with Gasteiger partial charge in [0.05, 0.1) is 6.42 Å². The maximum atomic E-state index is 10.7. The van der Waals surface area contributed by atoms with E-state index in [0.717, 1.165) is 16.3 Å². The van der Waals surface area contributed by atoms with E-state index >= 15 is 0 Å². The highest BCUT2D eigenvalue weighted by molar-refractivity contribution is 5.90. The Morgan fingerprint density at radius 3 is 2.47 bits per heavy atom. The van der Waals surface area contributed by atoms with Gasteiger partial charge < -0.3 is 5.11 Å². The van der Waals surface area contributed by atoms with Gasteiger partial charge in [0.1, 0.15) is 0 Å². The third-order valence-electron chi connectivity index (χ3n) is 2.57. The van der Waals surface area contributed by atoms with Crippen molar-refractivity contribution in [3.05, 3.63) is 47.5 Å². The maximum Gasteiger partial charge on any atom is 0.307 e. The average Bonchev–Trinajstić information content (AvgIpc) is 2.22. The molecular weight excluding hydrogens is 188 g/mol. The number of fused-ring (bicyclic) bond motifs is 1. The lowest BCUT2D eigenvalue weighted by Crippen LogP contribution is -2.00. The lowest BCUT2D eigenvalue weighted by Gasteiger charge is -2.06. The zero-order valence-corrected chi connectivity index (χ0v) is 8.53. The molecule has 2 nitrogen and oxygen atoms in total. The molecule has 2 heteroatoms. The van der Waals surface area contributed by atoms with Crippen LogP contribution in [0.15, 0.2) is 36.4 Å². The molecule has 76 valence electrons. The molecule has 1 N–H and O–H groups in total. The first kappa shape index (κ1) is 9.71. The van der Waals surface area contributed by atoms with Crippen molar-refractivity contribution >= 4 is 16.7 Å². The molecule has 0 bridgehead atoms. The van der Waals surface area contributed by atoms with Crippen LogP contribution in [0.4, 0.5) is 0 Å². The highest BCUT2D eigenvalue weighted by Gasteiger charge is 2.06. The Morgan fingerprint density at radius 2 is 1.80 bits per heavy atom. The van der Waals surface area contributed by atoms with Crippen LogP contribution in [0, 0.1) is 6.92 Å². The molecule has 0 heterocycles. The normalized spacial score (nSPS) is 10.5. The van der Waals surface area contributed by atoms with E-state index in [1.165, 1.54) is 5.56 Å². The van der Waals surface area contributed by atoms with Crippen molar-refractivity contribution in [1.29, 1.82) is 0 Å². The van der Waals surface area contributed by atoms with Gasteiger partial charge in [-0.3, -0.25) is 4.79 Å². The number of carbonyl (C=O) groups is 1. The quantitative estimate of drug-likeness (QED) is 0.809. The Balaban J connectivity index is 2.66. The molecule has 0 unspecified atom stereocenters. The van der Waals surface area contributed by atoms with Gasteiger partial charge in [0, 0.05) is 0 Å². The zero-order chi connectivity index (χ0) is 10.8. The fraction of sp³-hybridized carbons (Fsp3) is 0.154. The largest absolute Gasteiger partial charge is 0.481 e. The monoisotopic (exact) mass is 200 g/mol. The fourth-order valence-corrected chi connectivity index (χ4v) is 1.83. The van der Waals surface area contributed by atoms with Crippen LogP contribution in [0.2, 0.25) is 0 Å². The fourth-order valence-electron chi connectivity index (χ4n) is 1.83. The topological polar surface area (TPSA) is 37.3 Å². The molecule has 0 aliphatic rings. The average molecular weight is 200 g/mol. The van der Waals surface area contributed by atoms with E-state index in [2.05, 4.69) is 0 Å². The van der Waals surface area contributed by atoms with Crippen molar-refractivity contribution in [1.82, 2.24) is 0 Å². The number of carboxylic acids is 1. The van der Waals surface area contributed by atoms with Gasteiger partial charge in [-0.2, -0.15) is 0 Å². The highest BCUT2D eigenvalue weighted by Crippen LogP contribution is 2.22. The van der Waals surface area contributed by atoms with Gasteiger partial charge >= 0.3 is 5.97 Å². The molecule has 0 radical (unpaired) electrons. The molecule has 0 fully saturated rings. The molecule has 2 rings (SSSR count). The first-order valence-electron chi connectivity index (χ1n) is 4.87. The first-order valence-corrected chi connectivity index (χ1v) is 4.87. The van der Waals surface area contributed by atoms with Gasteiger partial charge in [0.25, 0.3) is 0 Å². The van der Waals surface area contributed by atoms with E-state index in [-0.39, 0.29) is 6.42 Å². The lowest BCUT2D eigenvalue weighted by molar-refractivity contribution is -0.136. The number of rotatable bonds is 2. The van der Waals surface area contributed by atoms with Gasteiger partial charge in [-0.1, -0.05) is 36.4 Å². The van der Waals surface area contributed by atoms with Crippen LogP contribution in [-0.4, -0.2) is 11.1 Å².